The van der Waals surface area contributed by atoms with Gasteiger partial charge in [-0.05, 0) is 30.7 Å². The first kappa shape index (κ1) is 14.5. The van der Waals surface area contributed by atoms with Crippen LogP contribution in [0.5, 0.6) is 5.75 Å². The van der Waals surface area contributed by atoms with E-state index in [1.807, 2.05) is 12.1 Å². The Kier molecular flexibility index (Phi) is 7.52. The lowest BCUT2D eigenvalue weighted by Crippen LogP contribution is -2.31. The van der Waals surface area contributed by atoms with Crippen molar-refractivity contribution in [3.63, 3.8) is 0 Å². The lowest BCUT2D eigenvalue weighted by Gasteiger charge is -2.09. The molecule has 0 fully saturated rings. The number of hydrogen-bond acceptors (Lipinski definition) is 3. The van der Waals surface area contributed by atoms with Gasteiger partial charge in [-0.2, -0.15) is 0 Å². The predicted octanol–water partition coefficient (Wildman–Crippen LogP) is 1.82. The zero-order valence-electron chi connectivity index (χ0n) is 8.36. The van der Waals surface area contributed by atoms with E-state index < -0.39 is 0 Å². The Morgan fingerprint density at radius 3 is 2.40 bits per heavy atom. The summed E-state index contributed by atoms with van der Waals surface area (Å²) < 4.78 is 5.44. The summed E-state index contributed by atoms with van der Waals surface area (Å²) in [5.41, 5.74) is 11.0. The molecule has 0 bridgehead atoms. The molecule has 0 radical (unpaired) electrons. The number of nitrogens with two attached hydrogens (primary N) is 2. The Bertz CT molecular complexity index is 267. The van der Waals surface area contributed by atoms with Gasteiger partial charge in [0.05, 0.1) is 6.61 Å². The molecule has 0 aliphatic carbocycles. The molecule has 1 atom stereocenters. The summed E-state index contributed by atoms with van der Waals surface area (Å²) in [4.78, 5) is 0. The maximum Gasteiger partial charge on any atom is 0.119 e. The molecule has 0 amide bonds. The second-order valence-corrected chi connectivity index (χ2v) is 3.52. The van der Waals surface area contributed by atoms with Crippen molar-refractivity contribution in [2.75, 3.05) is 13.2 Å². The first-order chi connectivity index (χ1) is 6.72. The summed E-state index contributed by atoms with van der Waals surface area (Å²) in [5.74, 6) is 0.804. The van der Waals surface area contributed by atoms with Crippen molar-refractivity contribution in [1.29, 1.82) is 0 Å². The largest absolute Gasteiger partial charge is 0.494 e. The third kappa shape index (κ3) is 5.85. The van der Waals surface area contributed by atoms with Gasteiger partial charge in [0.2, 0.25) is 0 Å². The molecule has 0 heterocycles. The number of rotatable bonds is 5. The Hall–Kier alpha value is -0.480. The van der Waals surface area contributed by atoms with E-state index in [0.717, 1.165) is 12.2 Å². The van der Waals surface area contributed by atoms with Crippen LogP contribution in [0.2, 0.25) is 5.02 Å². The van der Waals surface area contributed by atoms with Crippen LogP contribution >= 0.6 is 24.0 Å². The maximum absolute atomic E-state index is 5.73. The second-order valence-electron chi connectivity index (χ2n) is 3.09. The van der Waals surface area contributed by atoms with Crippen LogP contribution in [0.1, 0.15) is 6.42 Å². The fourth-order valence-corrected chi connectivity index (χ4v) is 1.10. The van der Waals surface area contributed by atoms with Crippen molar-refractivity contribution in [3.8, 4) is 5.75 Å². The van der Waals surface area contributed by atoms with E-state index in [0.29, 0.717) is 18.2 Å². The maximum atomic E-state index is 5.73. The smallest absolute Gasteiger partial charge is 0.119 e. The van der Waals surface area contributed by atoms with Gasteiger partial charge in [0.1, 0.15) is 5.75 Å². The summed E-state index contributed by atoms with van der Waals surface area (Å²) in [6, 6.07) is 7.26. The number of halogens is 2. The Morgan fingerprint density at radius 1 is 1.27 bits per heavy atom. The van der Waals surface area contributed by atoms with Crippen LogP contribution in [-0.4, -0.2) is 19.2 Å². The van der Waals surface area contributed by atoms with Crippen LogP contribution in [0.25, 0.3) is 0 Å². The Labute approximate surface area is 101 Å². The van der Waals surface area contributed by atoms with Crippen LogP contribution in [-0.2, 0) is 0 Å². The molecule has 1 aromatic carbocycles. The Balaban J connectivity index is 0.00000196. The second kappa shape index (κ2) is 7.77. The van der Waals surface area contributed by atoms with E-state index >= 15 is 0 Å². The monoisotopic (exact) mass is 250 g/mol. The molecule has 0 aliphatic rings. The lowest BCUT2D eigenvalue weighted by molar-refractivity contribution is 0.298. The Morgan fingerprint density at radius 2 is 1.87 bits per heavy atom. The number of hydrogen-bond donors (Lipinski definition) is 2. The van der Waals surface area contributed by atoms with E-state index in [9.17, 15) is 0 Å². The molecule has 1 unspecified atom stereocenters. The minimum Gasteiger partial charge on any atom is -0.494 e. The van der Waals surface area contributed by atoms with Crippen molar-refractivity contribution in [2.45, 2.75) is 12.5 Å². The van der Waals surface area contributed by atoms with Crippen LogP contribution < -0.4 is 16.2 Å². The normalized spacial score (nSPS) is 11.7. The molecule has 1 aromatic rings. The fourth-order valence-electron chi connectivity index (χ4n) is 0.977. The molecule has 0 saturated carbocycles. The van der Waals surface area contributed by atoms with Gasteiger partial charge in [0.25, 0.3) is 0 Å². The van der Waals surface area contributed by atoms with Crippen molar-refractivity contribution in [1.82, 2.24) is 0 Å². The summed E-state index contributed by atoms with van der Waals surface area (Å²) in [7, 11) is 0. The quantitative estimate of drug-likeness (QED) is 0.839. The zero-order chi connectivity index (χ0) is 10.4. The van der Waals surface area contributed by atoms with Gasteiger partial charge in [0.15, 0.2) is 0 Å². The van der Waals surface area contributed by atoms with Gasteiger partial charge >= 0.3 is 0 Å². The van der Waals surface area contributed by atoms with Crippen LogP contribution in [0.4, 0.5) is 0 Å². The van der Waals surface area contributed by atoms with Gasteiger partial charge in [0, 0.05) is 17.6 Å². The summed E-state index contributed by atoms with van der Waals surface area (Å²) in [6.45, 7) is 1.07. The highest BCUT2D eigenvalue weighted by atomic mass is 35.5. The topological polar surface area (TPSA) is 61.3 Å². The molecule has 15 heavy (non-hydrogen) atoms. The molecule has 0 aliphatic heterocycles. The van der Waals surface area contributed by atoms with E-state index in [2.05, 4.69) is 0 Å². The third-order valence-electron chi connectivity index (χ3n) is 1.87. The molecule has 0 saturated heterocycles. The SMILES string of the molecule is Cl.NCC(N)CCOc1ccc(Cl)cc1. The van der Waals surface area contributed by atoms with E-state index in [1.165, 1.54) is 0 Å². The van der Waals surface area contributed by atoms with E-state index in [1.54, 1.807) is 12.1 Å². The molecule has 5 heteroatoms. The van der Waals surface area contributed by atoms with Gasteiger partial charge in [-0.25, -0.2) is 0 Å². The molecule has 3 nitrogen and oxygen atoms in total. The highest BCUT2D eigenvalue weighted by molar-refractivity contribution is 6.30. The average molecular weight is 251 g/mol. The minimum absolute atomic E-state index is 0. The van der Waals surface area contributed by atoms with Crippen molar-refractivity contribution < 1.29 is 4.74 Å². The van der Waals surface area contributed by atoms with Crippen molar-refractivity contribution in [3.05, 3.63) is 29.3 Å². The predicted molar refractivity (Wildman–Crippen MR) is 65.8 cm³/mol. The number of ether oxygens (including phenoxy) is 1. The average Bonchev–Trinajstić information content (AvgIpc) is 2.21. The minimum atomic E-state index is 0. The van der Waals surface area contributed by atoms with Crippen molar-refractivity contribution in [2.24, 2.45) is 11.5 Å². The molecular formula is C10H16Cl2N2O. The summed E-state index contributed by atoms with van der Waals surface area (Å²) in [6.07, 6.45) is 0.763. The molecule has 0 spiro atoms. The van der Waals surface area contributed by atoms with Crippen LogP contribution in [0.15, 0.2) is 24.3 Å². The standard InChI is InChI=1S/C10H15ClN2O.ClH/c11-8-1-3-10(4-2-8)14-6-5-9(13)7-12;/h1-4,9H,5-7,12-13H2;1H. The first-order valence-corrected chi connectivity index (χ1v) is 4.94. The van der Waals surface area contributed by atoms with E-state index in [4.69, 9.17) is 27.8 Å². The van der Waals surface area contributed by atoms with Gasteiger partial charge in [-0.15, -0.1) is 12.4 Å². The van der Waals surface area contributed by atoms with Crippen LogP contribution in [0, 0.1) is 0 Å². The summed E-state index contributed by atoms with van der Waals surface area (Å²) >= 11 is 5.73. The van der Waals surface area contributed by atoms with E-state index in [-0.39, 0.29) is 18.4 Å². The lowest BCUT2D eigenvalue weighted by atomic mass is 10.2. The van der Waals surface area contributed by atoms with Gasteiger partial charge in [-0.3, -0.25) is 0 Å². The van der Waals surface area contributed by atoms with Crippen LogP contribution in [0.3, 0.4) is 0 Å². The molecule has 86 valence electrons. The third-order valence-corrected chi connectivity index (χ3v) is 2.13. The fraction of sp³-hybridized carbons (Fsp3) is 0.400. The molecule has 1 rings (SSSR count). The van der Waals surface area contributed by atoms with Crippen molar-refractivity contribution >= 4 is 24.0 Å². The summed E-state index contributed by atoms with van der Waals surface area (Å²) in [5, 5.41) is 0.705. The number of benzene rings is 1. The molecule has 4 N–H and O–H groups in total. The molecule has 0 aromatic heterocycles. The molecular weight excluding hydrogens is 235 g/mol. The first-order valence-electron chi connectivity index (χ1n) is 4.56. The van der Waals surface area contributed by atoms with Gasteiger partial charge < -0.3 is 16.2 Å². The highest BCUT2D eigenvalue weighted by Gasteiger charge is 1.99. The zero-order valence-corrected chi connectivity index (χ0v) is 9.93. The van der Waals surface area contributed by atoms with Gasteiger partial charge in [-0.1, -0.05) is 11.6 Å². The highest BCUT2D eigenvalue weighted by Crippen LogP contribution is 2.15.